The number of benzene rings is 2. The molecule has 2 heterocycles. The van der Waals surface area contributed by atoms with Gasteiger partial charge in [0.25, 0.3) is 11.8 Å². The molecule has 1 atom stereocenters. The number of hydrogen-bond acceptors (Lipinski definition) is 6. The zero-order valence-electron chi connectivity index (χ0n) is 20.6. The van der Waals surface area contributed by atoms with Gasteiger partial charge in [-0.2, -0.15) is 13.2 Å². The number of amides is 2. The van der Waals surface area contributed by atoms with E-state index in [4.69, 9.17) is 4.74 Å². The lowest BCUT2D eigenvalue weighted by molar-refractivity contribution is -0.151. The Bertz CT molecular complexity index is 1260. The number of hydrazine groups is 1. The molecule has 1 fully saturated rings. The summed E-state index contributed by atoms with van der Waals surface area (Å²) in [5.74, 6) is -0.215. The number of carbonyl (C=O) groups is 2. The van der Waals surface area contributed by atoms with E-state index in [1.54, 1.807) is 0 Å². The molecule has 0 saturated heterocycles. The van der Waals surface area contributed by atoms with Gasteiger partial charge in [0.15, 0.2) is 5.84 Å². The van der Waals surface area contributed by atoms with Crippen molar-refractivity contribution in [1.82, 2.24) is 21.1 Å². The first-order chi connectivity index (χ1) is 18.2. The molecule has 38 heavy (non-hydrogen) atoms. The number of nitrogens with zero attached hydrogens (tertiary/aromatic N) is 2. The SMILES string of the molecule is O=C1C=C(COC2(C(=O)NCc3ccccc3C(F)(F)F)CCCCC2)NC2N=C(c3ccccc3)NN12. The number of amidine groups is 1. The maximum Gasteiger partial charge on any atom is 0.416 e. The van der Waals surface area contributed by atoms with Gasteiger partial charge in [-0.05, 0) is 24.5 Å². The molecule has 11 heteroatoms. The predicted octanol–water partition coefficient (Wildman–Crippen LogP) is 3.61. The van der Waals surface area contributed by atoms with Gasteiger partial charge < -0.3 is 15.4 Å². The van der Waals surface area contributed by atoms with E-state index in [1.807, 2.05) is 30.3 Å². The lowest BCUT2D eigenvalue weighted by atomic mass is 9.83. The number of rotatable bonds is 7. The van der Waals surface area contributed by atoms with E-state index in [9.17, 15) is 22.8 Å². The van der Waals surface area contributed by atoms with E-state index in [0.29, 0.717) is 24.4 Å². The Morgan fingerprint density at radius 2 is 1.79 bits per heavy atom. The summed E-state index contributed by atoms with van der Waals surface area (Å²) in [5, 5.41) is 7.19. The third kappa shape index (κ3) is 5.38. The minimum absolute atomic E-state index is 0.0116. The van der Waals surface area contributed by atoms with Crippen LogP contribution in [0.4, 0.5) is 13.2 Å². The van der Waals surface area contributed by atoms with Crippen LogP contribution in [0.5, 0.6) is 0 Å². The number of fused-ring (bicyclic) bond motifs is 1. The summed E-state index contributed by atoms with van der Waals surface area (Å²) < 4.78 is 46.3. The third-order valence-electron chi connectivity index (χ3n) is 6.96. The molecule has 1 saturated carbocycles. The second-order valence-electron chi connectivity index (χ2n) is 9.53. The first-order valence-corrected chi connectivity index (χ1v) is 12.5. The second kappa shape index (κ2) is 10.5. The molecule has 2 aliphatic heterocycles. The number of nitrogens with one attached hydrogen (secondary N) is 3. The molecule has 3 N–H and O–H groups in total. The van der Waals surface area contributed by atoms with Crippen LogP contribution in [-0.4, -0.2) is 41.2 Å². The Labute approximate surface area is 217 Å². The third-order valence-corrected chi connectivity index (χ3v) is 6.96. The maximum atomic E-state index is 13.4. The molecule has 0 radical (unpaired) electrons. The van der Waals surface area contributed by atoms with Gasteiger partial charge in [0.1, 0.15) is 5.60 Å². The smallest absolute Gasteiger partial charge is 0.359 e. The van der Waals surface area contributed by atoms with E-state index in [1.165, 1.54) is 29.3 Å². The Kier molecular flexibility index (Phi) is 7.11. The largest absolute Gasteiger partial charge is 0.416 e. The van der Waals surface area contributed by atoms with Crippen LogP contribution in [0, 0.1) is 0 Å². The molecular weight excluding hydrogens is 499 g/mol. The Morgan fingerprint density at radius 3 is 2.53 bits per heavy atom. The lowest BCUT2D eigenvalue weighted by Crippen LogP contribution is -2.55. The van der Waals surface area contributed by atoms with E-state index in [0.717, 1.165) is 30.9 Å². The van der Waals surface area contributed by atoms with Crippen molar-refractivity contribution in [2.24, 2.45) is 4.99 Å². The van der Waals surface area contributed by atoms with Gasteiger partial charge in [-0.1, -0.05) is 67.8 Å². The van der Waals surface area contributed by atoms with Gasteiger partial charge in [0.2, 0.25) is 6.29 Å². The fourth-order valence-electron chi connectivity index (χ4n) is 4.96. The molecule has 0 aromatic heterocycles. The highest BCUT2D eigenvalue weighted by Crippen LogP contribution is 2.34. The number of hydrogen-bond donors (Lipinski definition) is 3. The van der Waals surface area contributed by atoms with Crippen molar-refractivity contribution < 1.29 is 27.5 Å². The van der Waals surface area contributed by atoms with Crippen LogP contribution in [0.15, 0.2) is 71.4 Å². The maximum absolute atomic E-state index is 13.4. The van der Waals surface area contributed by atoms with Gasteiger partial charge >= 0.3 is 6.18 Å². The van der Waals surface area contributed by atoms with Gasteiger partial charge in [0.05, 0.1) is 12.2 Å². The molecule has 1 aliphatic carbocycles. The van der Waals surface area contributed by atoms with Crippen molar-refractivity contribution in [3.8, 4) is 0 Å². The van der Waals surface area contributed by atoms with Crippen LogP contribution in [0.25, 0.3) is 0 Å². The molecule has 5 rings (SSSR count). The van der Waals surface area contributed by atoms with Gasteiger partial charge in [-0.15, -0.1) is 0 Å². The van der Waals surface area contributed by atoms with Crippen LogP contribution >= 0.6 is 0 Å². The van der Waals surface area contributed by atoms with Gasteiger partial charge in [0, 0.05) is 23.9 Å². The summed E-state index contributed by atoms with van der Waals surface area (Å²) in [6.07, 6.45) is -0.474. The standard InChI is InChI=1S/C27H28F3N5O3/c28-27(29,30)21-12-6-5-11-19(21)16-31-24(37)26(13-7-2-8-14-26)38-17-20-15-22(36)35-25(32-20)33-23(34-35)18-9-3-1-4-10-18/h1,3-6,9-12,15,25,32H,2,7-8,13-14,16-17H2,(H,31,37)(H,33,34). The molecule has 8 nitrogen and oxygen atoms in total. The predicted molar refractivity (Wildman–Crippen MR) is 133 cm³/mol. The molecule has 200 valence electrons. The van der Waals surface area contributed by atoms with Crippen molar-refractivity contribution in [3.05, 3.63) is 83.1 Å². The van der Waals surface area contributed by atoms with Crippen molar-refractivity contribution in [1.29, 1.82) is 0 Å². The fraction of sp³-hybridized carbons (Fsp3) is 0.370. The summed E-state index contributed by atoms with van der Waals surface area (Å²) in [4.78, 5) is 30.6. The summed E-state index contributed by atoms with van der Waals surface area (Å²) >= 11 is 0. The molecule has 1 unspecified atom stereocenters. The highest BCUT2D eigenvalue weighted by molar-refractivity contribution is 6.02. The molecule has 2 amide bonds. The molecule has 2 aromatic rings. The second-order valence-corrected chi connectivity index (χ2v) is 9.53. The zero-order chi connectivity index (χ0) is 26.8. The number of ether oxygens (including phenoxy) is 1. The van der Waals surface area contributed by atoms with E-state index >= 15 is 0 Å². The first kappa shape index (κ1) is 25.8. The Morgan fingerprint density at radius 1 is 1.08 bits per heavy atom. The van der Waals surface area contributed by atoms with Gasteiger partial charge in [-0.3, -0.25) is 15.0 Å². The molecule has 3 aliphatic rings. The topological polar surface area (TPSA) is 95.1 Å². The van der Waals surface area contributed by atoms with Gasteiger partial charge in [-0.25, -0.2) is 10.0 Å². The van der Waals surface area contributed by atoms with E-state index in [-0.39, 0.29) is 24.6 Å². The molecule has 0 bridgehead atoms. The van der Waals surface area contributed by atoms with E-state index in [2.05, 4.69) is 21.1 Å². The van der Waals surface area contributed by atoms with Crippen molar-refractivity contribution in [2.45, 2.75) is 56.7 Å². The van der Waals surface area contributed by atoms with Crippen LogP contribution < -0.4 is 16.1 Å². The number of alkyl halides is 3. The van der Waals surface area contributed by atoms with Crippen LogP contribution in [0.1, 0.15) is 48.8 Å². The first-order valence-electron chi connectivity index (χ1n) is 12.5. The summed E-state index contributed by atoms with van der Waals surface area (Å²) in [6.45, 7) is -0.308. The molecule has 0 spiro atoms. The normalized spacial score (nSPS) is 20.6. The zero-order valence-corrected chi connectivity index (χ0v) is 20.6. The average molecular weight is 528 g/mol. The van der Waals surface area contributed by atoms with Crippen molar-refractivity contribution in [3.63, 3.8) is 0 Å². The van der Waals surface area contributed by atoms with Crippen LogP contribution in [0.3, 0.4) is 0 Å². The van der Waals surface area contributed by atoms with E-state index < -0.39 is 29.5 Å². The summed E-state index contributed by atoms with van der Waals surface area (Å²) in [5.41, 5.74) is 2.32. The monoisotopic (exact) mass is 527 g/mol. The summed E-state index contributed by atoms with van der Waals surface area (Å²) in [7, 11) is 0. The fourth-order valence-corrected chi connectivity index (χ4v) is 4.96. The Hall–Kier alpha value is -3.86. The van der Waals surface area contributed by atoms with Crippen molar-refractivity contribution >= 4 is 17.6 Å². The average Bonchev–Trinajstić information content (AvgIpc) is 3.36. The number of halogens is 3. The highest BCUT2D eigenvalue weighted by atomic mass is 19.4. The number of carbonyl (C=O) groups excluding carboxylic acids is 2. The minimum atomic E-state index is -4.52. The lowest BCUT2D eigenvalue weighted by Gasteiger charge is -2.37. The highest BCUT2D eigenvalue weighted by Gasteiger charge is 2.42. The Balaban J connectivity index is 1.26. The molecular formula is C27H28F3N5O3. The quantitative estimate of drug-likeness (QED) is 0.512. The molecule has 2 aromatic carbocycles. The summed E-state index contributed by atoms with van der Waals surface area (Å²) in [6, 6.07) is 14.6. The van der Waals surface area contributed by atoms with Crippen LogP contribution in [0.2, 0.25) is 0 Å². The minimum Gasteiger partial charge on any atom is -0.359 e. The number of aliphatic imine (C=N–C) groups is 1. The van der Waals surface area contributed by atoms with Crippen LogP contribution in [-0.2, 0) is 27.0 Å². The van der Waals surface area contributed by atoms with Crippen molar-refractivity contribution in [2.75, 3.05) is 6.61 Å².